The van der Waals surface area contributed by atoms with Crippen molar-refractivity contribution < 1.29 is 19.1 Å². The lowest BCUT2D eigenvalue weighted by Crippen LogP contribution is -2.51. The van der Waals surface area contributed by atoms with Crippen LogP contribution in [0.1, 0.15) is 70.5 Å². The van der Waals surface area contributed by atoms with Crippen molar-refractivity contribution in [2.24, 2.45) is 0 Å². The number of thioether (sulfide) groups is 1. The van der Waals surface area contributed by atoms with E-state index in [0.717, 1.165) is 29.7 Å². The molecule has 0 saturated carbocycles. The van der Waals surface area contributed by atoms with Crippen LogP contribution in [0.5, 0.6) is 0 Å². The summed E-state index contributed by atoms with van der Waals surface area (Å²) in [6.07, 6.45) is 10.2. The van der Waals surface area contributed by atoms with Crippen LogP contribution in [0.25, 0.3) is 0 Å². The zero-order valence-corrected chi connectivity index (χ0v) is 22.1. The van der Waals surface area contributed by atoms with Crippen LogP contribution in [-0.2, 0) is 14.3 Å². The summed E-state index contributed by atoms with van der Waals surface area (Å²) in [5.41, 5.74) is 0.908. The second kappa shape index (κ2) is 14.6. The molecule has 2 atom stereocenters. The second-order valence-electron chi connectivity index (χ2n) is 9.13. The van der Waals surface area contributed by atoms with Gasteiger partial charge in [-0.25, -0.2) is 4.79 Å². The quantitative estimate of drug-likeness (QED) is 0.258. The Morgan fingerprint density at radius 2 is 1.82 bits per heavy atom. The minimum absolute atomic E-state index is 0.343. The van der Waals surface area contributed by atoms with E-state index in [2.05, 4.69) is 23.6 Å². The van der Waals surface area contributed by atoms with E-state index in [1.807, 2.05) is 25.3 Å². The van der Waals surface area contributed by atoms with Gasteiger partial charge in [-0.2, -0.15) is 11.8 Å². The number of aryl methyl sites for hydroxylation is 1. The van der Waals surface area contributed by atoms with E-state index in [9.17, 15) is 14.4 Å². The van der Waals surface area contributed by atoms with Crippen molar-refractivity contribution >= 4 is 29.7 Å². The van der Waals surface area contributed by atoms with Crippen molar-refractivity contribution in [3.05, 3.63) is 35.4 Å². The standard InChI is InChI=1S/C26H39N3O4S/c1-8-10-11-17-27-23(30)22(20-14-12-19(3)13-15-20)29(9-2)24(31)21(16-18-34-7)28-25(32)33-26(4,5)6/h2,12-15,21-22H,8,10-11,16-18H2,1,3-7H3,(H,27,30)(H,28,32). The van der Waals surface area contributed by atoms with Crippen LogP contribution in [0.4, 0.5) is 4.79 Å². The third-order valence-corrected chi connectivity index (χ3v) is 5.60. The van der Waals surface area contributed by atoms with Crippen molar-refractivity contribution in [2.45, 2.75) is 78.0 Å². The number of rotatable bonds is 12. The maximum Gasteiger partial charge on any atom is 0.408 e. The van der Waals surface area contributed by atoms with Gasteiger partial charge in [0.05, 0.1) is 0 Å². The third-order valence-electron chi connectivity index (χ3n) is 4.96. The lowest BCUT2D eigenvalue weighted by molar-refractivity contribution is -0.138. The highest BCUT2D eigenvalue weighted by Gasteiger charge is 2.35. The molecule has 0 radical (unpaired) electrons. The lowest BCUT2D eigenvalue weighted by atomic mass is 10.0. The molecule has 2 N–H and O–H groups in total. The molecule has 0 heterocycles. The molecule has 8 heteroatoms. The van der Waals surface area contributed by atoms with Crippen molar-refractivity contribution in [2.75, 3.05) is 18.6 Å². The van der Waals surface area contributed by atoms with Crippen molar-refractivity contribution in [3.8, 4) is 12.5 Å². The largest absolute Gasteiger partial charge is 0.444 e. The first-order valence-corrected chi connectivity index (χ1v) is 13.1. The van der Waals surface area contributed by atoms with Crippen LogP contribution in [0.2, 0.25) is 0 Å². The van der Waals surface area contributed by atoms with Gasteiger partial charge in [0, 0.05) is 12.6 Å². The molecule has 0 aliphatic carbocycles. The van der Waals surface area contributed by atoms with E-state index in [1.54, 1.807) is 44.7 Å². The molecule has 1 aromatic carbocycles. The fourth-order valence-electron chi connectivity index (χ4n) is 3.23. The number of terminal acetylenes is 1. The molecule has 1 aromatic rings. The van der Waals surface area contributed by atoms with E-state index in [0.29, 0.717) is 24.3 Å². The van der Waals surface area contributed by atoms with Crippen LogP contribution < -0.4 is 10.6 Å². The molecule has 0 saturated heterocycles. The lowest BCUT2D eigenvalue weighted by Gasteiger charge is -2.30. The highest BCUT2D eigenvalue weighted by atomic mass is 32.2. The number of hydrogen-bond acceptors (Lipinski definition) is 5. The summed E-state index contributed by atoms with van der Waals surface area (Å²) in [7, 11) is 0. The van der Waals surface area contributed by atoms with Crippen molar-refractivity contribution in [3.63, 3.8) is 0 Å². The van der Waals surface area contributed by atoms with Gasteiger partial charge in [0.25, 0.3) is 5.91 Å². The fourth-order valence-corrected chi connectivity index (χ4v) is 3.70. The van der Waals surface area contributed by atoms with Crippen LogP contribution in [0.3, 0.4) is 0 Å². The van der Waals surface area contributed by atoms with Crippen LogP contribution >= 0.6 is 11.8 Å². The summed E-state index contributed by atoms with van der Waals surface area (Å²) < 4.78 is 5.34. The highest BCUT2D eigenvalue weighted by Crippen LogP contribution is 2.23. The molecule has 0 aromatic heterocycles. The first-order chi connectivity index (χ1) is 16.0. The number of nitrogens with one attached hydrogen (secondary N) is 2. The Bertz CT molecular complexity index is 843. The Morgan fingerprint density at radius 1 is 1.18 bits per heavy atom. The SMILES string of the molecule is C#CN(C(=O)C(CCSC)NC(=O)OC(C)(C)C)C(C(=O)NCCCCC)c1ccc(C)cc1. The van der Waals surface area contributed by atoms with Crippen LogP contribution in [-0.4, -0.2) is 53.0 Å². The minimum Gasteiger partial charge on any atom is -0.444 e. The summed E-state index contributed by atoms with van der Waals surface area (Å²) in [5.74, 6) is -0.271. The molecule has 2 unspecified atom stereocenters. The van der Waals surface area contributed by atoms with Gasteiger partial charge in [0.1, 0.15) is 17.7 Å². The van der Waals surface area contributed by atoms with Gasteiger partial charge in [-0.3, -0.25) is 14.5 Å². The van der Waals surface area contributed by atoms with Gasteiger partial charge in [0.15, 0.2) is 0 Å². The van der Waals surface area contributed by atoms with E-state index >= 15 is 0 Å². The van der Waals surface area contributed by atoms with Gasteiger partial charge >= 0.3 is 6.09 Å². The Kier molecular flexibility index (Phi) is 12.6. The molecule has 188 valence electrons. The predicted octanol–water partition coefficient (Wildman–Crippen LogP) is 4.41. The van der Waals surface area contributed by atoms with E-state index in [4.69, 9.17) is 11.2 Å². The molecule has 0 bridgehead atoms. The topological polar surface area (TPSA) is 87.7 Å². The number of hydrogen-bond donors (Lipinski definition) is 2. The van der Waals surface area contributed by atoms with Gasteiger partial charge in [-0.15, -0.1) is 0 Å². The normalized spacial score (nSPS) is 12.7. The molecule has 3 amide bonds. The Hall–Kier alpha value is -2.66. The summed E-state index contributed by atoms with van der Waals surface area (Å²) in [6.45, 7) is 9.76. The van der Waals surface area contributed by atoms with E-state index < -0.39 is 29.7 Å². The summed E-state index contributed by atoms with van der Waals surface area (Å²) in [4.78, 5) is 40.3. The number of benzene rings is 1. The first kappa shape index (κ1) is 29.4. The van der Waals surface area contributed by atoms with Gasteiger partial charge < -0.3 is 15.4 Å². The molecule has 0 fully saturated rings. The Labute approximate surface area is 208 Å². The number of amides is 3. The van der Waals surface area contributed by atoms with Crippen LogP contribution in [0.15, 0.2) is 24.3 Å². The molecule has 1 rings (SSSR count). The van der Waals surface area contributed by atoms with E-state index in [-0.39, 0.29) is 5.91 Å². The zero-order valence-electron chi connectivity index (χ0n) is 21.3. The number of carbonyl (C=O) groups excluding carboxylic acids is 3. The predicted molar refractivity (Wildman–Crippen MR) is 138 cm³/mol. The summed E-state index contributed by atoms with van der Waals surface area (Å²) >= 11 is 1.54. The van der Waals surface area contributed by atoms with Crippen LogP contribution in [0, 0.1) is 19.4 Å². The molecule has 0 spiro atoms. The molecule has 34 heavy (non-hydrogen) atoms. The van der Waals surface area contributed by atoms with Crippen molar-refractivity contribution in [1.29, 1.82) is 0 Å². The summed E-state index contributed by atoms with van der Waals surface area (Å²) in [5, 5.41) is 5.55. The third kappa shape index (κ3) is 10.1. The molecule has 0 aliphatic rings. The zero-order chi connectivity index (χ0) is 25.7. The first-order valence-electron chi connectivity index (χ1n) is 11.7. The maximum absolute atomic E-state index is 13.6. The number of nitrogens with zero attached hydrogens (tertiary/aromatic N) is 1. The van der Waals surface area contributed by atoms with Gasteiger partial charge in [-0.05, 0) is 58.1 Å². The van der Waals surface area contributed by atoms with Gasteiger partial charge in [-0.1, -0.05) is 56.0 Å². The number of ether oxygens (including phenoxy) is 1. The second-order valence-corrected chi connectivity index (χ2v) is 10.1. The Balaban J connectivity index is 3.24. The number of unbranched alkanes of at least 4 members (excludes halogenated alkanes) is 2. The average molecular weight is 490 g/mol. The number of carbonyl (C=O) groups is 3. The van der Waals surface area contributed by atoms with Gasteiger partial charge in [0.2, 0.25) is 5.91 Å². The maximum atomic E-state index is 13.6. The van der Waals surface area contributed by atoms with E-state index in [1.165, 1.54) is 0 Å². The minimum atomic E-state index is -1.02. The summed E-state index contributed by atoms with van der Waals surface area (Å²) in [6, 6.07) is 7.78. The molecular formula is C26H39N3O4S. The monoisotopic (exact) mass is 489 g/mol. The fraction of sp³-hybridized carbons (Fsp3) is 0.577. The average Bonchev–Trinajstić information content (AvgIpc) is 2.76. The van der Waals surface area contributed by atoms with Crippen molar-refractivity contribution in [1.82, 2.24) is 15.5 Å². The Morgan fingerprint density at radius 3 is 2.35 bits per heavy atom. The number of alkyl carbamates (subject to hydrolysis) is 1. The smallest absolute Gasteiger partial charge is 0.408 e. The highest BCUT2D eigenvalue weighted by molar-refractivity contribution is 7.98. The molecule has 0 aliphatic heterocycles. The molecular weight excluding hydrogens is 450 g/mol. The molecule has 7 nitrogen and oxygen atoms in total.